The van der Waals surface area contributed by atoms with Crippen molar-refractivity contribution in [2.75, 3.05) is 13.2 Å². The number of hydrogen-bond donors (Lipinski definition) is 1. The van der Waals surface area contributed by atoms with E-state index in [4.69, 9.17) is 11.2 Å². The van der Waals surface area contributed by atoms with Gasteiger partial charge in [-0.1, -0.05) is 12.1 Å². The van der Waals surface area contributed by atoms with Crippen LogP contribution in [0.5, 0.6) is 5.75 Å². The van der Waals surface area contributed by atoms with E-state index >= 15 is 0 Å². The largest absolute Gasteiger partial charge is 0.493 e. The summed E-state index contributed by atoms with van der Waals surface area (Å²) >= 11 is 0. The molecular formula is C15H19NO. The molecule has 1 heterocycles. The summed E-state index contributed by atoms with van der Waals surface area (Å²) in [7, 11) is 0. The van der Waals surface area contributed by atoms with Crippen molar-refractivity contribution in [3.05, 3.63) is 29.3 Å². The van der Waals surface area contributed by atoms with Gasteiger partial charge in [0.05, 0.1) is 6.61 Å². The lowest BCUT2D eigenvalue weighted by Crippen LogP contribution is -2.19. The number of ether oxygens (including phenoxy) is 1. The minimum Gasteiger partial charge on any atom is -0.493 e. The van der Waals surface area contributed by atoms with E-state index in [1.165, 1.54) is 11.1 Å². The van der Waals surface area contributed by atoms with Gasteiger partial charge in [-0.05, 0) is 37.1 Å². The first-order valence-corrected chi connectivity index (χ1v) is 6.23. The molecule has 0 saturated heterocycles. The molecule has 1 aromatic rings. The van der Waals surface area contributed by atoms with Gasteiger partial charge in [0, 0.05) is 18.9 Å². The van der Waals surface area contributed by atoms with E-state index in [-0.39, 0.29) is 0 Å². The van der Waals surface area contributed by atoms with Gasteiger partial charge in [-0.2, -0.15) is 0 Å². The van der Waals surface area contributed by atoms with Crippen LogP contribution >= 0.6 is 0 Å². The van der Waals surface area contributed by atoms with Crippen LogP contribution in [0.1, 0.15) is 36.9 Å². The van der Waals surface area contributed by atoms with E-state index in [9.17, 15) is 0 Å². The number of unbranched alkanes of at least 4 members (excludes halogenated alkanes) is 1. The zero-order valence-corrected chi connectivity index (χ0v) is 10.3. The van der Waals surface area contributed by atoms with Crippen LogP contribution in [0.2, 0.25) is 0 Å². The molecule has 0 fully saturated rings. The number of fused-ring (bicyclic) bond motifs is 1. The maximum absolute atomic E-state index is 5.50. The molecule has 17 heavy (non-hydrogen) atoms. The Hall–Kier alpha value is -1.46. The van der Waals surface area contributed by atoms with Crippen molar-refractivity contribution in [1.82, 2.24) is 5.32 Å². The molecule has 90 valence electrons. The van der Waals surface area contributed by atoms with E-state index in [1.807, 2.05) is 0 Å². The fraction of sp³-hybridized carbons (Fsp3) is 0.467. The summed E-state index contributed by atoms with van der Waals surface area (Å²) in [6, 6.07) is 6.85. The molecule has 0 aromatic heterocycles. The van der Waals surface area contributed by atoms with Crippen LogP contribution in [-0.4, -0.2) is 13.2 Å². The Bertz CT molecular complexity index is 419. The highest BCUT2D eigenvalue weighted by Crippen LogP contribution is 2.27. The average Bonchev–Trinajstić information content (AvgIpc) is 2.81. The Labute approximate surface area is 103 Å². The van der Waals surface area contributed by atoms with Crippen LogP contribution in [0.25, 0.3) is 0 Å². The Morgan fingerprint density at radius 1 is 1.53 bits per heavy atom. The molecule has 0 bridgehead atoms. The van der Waals surface area contributed by atoms with Crippen LogP contribution in [0.3, 0.4) is 0 Å². The van der Waals surface area contributed by atoms with Gasteiger partial charge in [0.15, 0.2) is 0 Å². The first-order valence-electron chi connectivity index (χ1n) is 6.23. The Morgan fingerprint density at radius 2 is 2.41 bits per heavy atom. The van der Waals surface area contributed by atoms with Crippen molar-refractivity contribution in [2.45, 2.75) is 32.2 Å². The van der Waals surface area contributed by atoms with E-state index in [0.717, 1.165) is 38.2 Å². The summed E-state index contributed by atoms with van der Waals surface area (Å²) in [4.78, 5) is 0. The number of benzene rings is 1. The predicted molar refractivity (Wildman–Crippen MR) is 70.1 cm³/mol. The van der Waals surface area contributed by atoms with Crippen molar-refractivity contribution >= 4 is 0 Å². The Balaban J connectivity index is 1.91. The van der Waals surface area contributed by atoms with Crippen molar-refractivity contribution in [3.63, 3.8) is 0 Å². The summed E-state index contributed by atoms with van der Waals surface area (Å²) in [5.74, 6) is 3.71. The van der Waals surface area contributed by atoms with Crippen LogP contribution in [0.4, 0.5) is 0 Å². The van der Waals surface area contributed by atoms with Gasteiger partial charge in [-0.15, -0.1) is 12.3 Å². The van der Waals surface area contributed by atoms with Gasteiger partial charge in [0.1, 0.15) is 5.75 Å². The second kappa shape index (κ2) is 5.75. The minimum atomic E-state index is 0.374. The molecule has 0 saturated carbocycles. The van der Waals surface area contributed by atoms with Crippen LogP contribution in [0.15, 0.2) is 18.2 Å². The normalized spacial score (nSPS) is 14.8. The third-order valence-corrected chi connectivity index (χ3v) is 3.16. The number of rotatable bonds is 5. The molecule has 2 nitrogen and oxygen atoms in total. The molecule has 1 aliphatic heterocycles. The summed E-state index contributed by atoms with van der Waals surface area (Å²) in [5, 5.41) is 3.49. The topological polar surface area (TPSA) is 21.3 Å². The van der Waals surface area contributed by atoms with Gasteiger partial charge in [0.25, 0.3) is 0 Å². The van der Waals surface area contributed by atoms with Gasteiger partial charge < -0.3 is 10.1 Å². The number of hydrogen-bond acceptors (Lipinski definition) is 2. The maximum Gasteiger partial charge on any atom is 0.122 e. The van der Waals surface area contributed by atoms with Crippen molar-refractivity contribution in [3.8, 4) is 18.1 Å². The van der Waals surface area contributed by atoms with Crippen molar-refractivity contribution in [1.29, 1.82) is 0 Å². The lowest BCUT2D eigenvalue weighted by atomic mass is 10.0. The van der Waals surface area contributed by atoms with E-state index < -0.39 is 0 Å². The number of terminal acetylenes is 1. The monoisotopic (exact) mass is 229 g/mol. The summed E-state index contributed by atoms with van der Waals surface area (Å²) in [5.41, 5.74) is 2.66. The summed E-state index contributed by atoms with van der Waals surface area (Å²) < 4.78 is 5.50. The standard InChI is InChI=1S/C15H19NO/c1-3-4-5-9-16-12(2)13-6-7-15-14(11-13)8-10-17-15/h1,6-7,11-12,16H,4-5,8-10H2,2H3. The minimum absolute atomic E-state index is 0.374. The van der Waals surface area contributed by atoms with Crippen LogP contribution in [-0.2, 0) is 6.42 Å². The molecule has 0 amide bonds. The second-order valence-electron chi connectivity index (χ2n) is 4.45. The third-order valence-electron chi connectivity index (χ3n) is 3.16. The molecule has 1 N–H and O–H groups in total. The molecular weight excluding hydrogens is 210 g/mol. The fourth-order valence-electron chi connectivity index (χ4n) is 2.10. The quantitative estimate of drug-likeness (QED) is 0.619. The maximum atomic E-state index is 5.50. The molecule has 2 heteroatoms. The van der Waals surface area contributed by atoms with Crippen molar-refractivity contribution in [2.24, 2.45) is 0 Å². The average molecular weight is 229 g/mol. The smallest absolute Gasteiger partial charge is 0.122 e. The molecule has 0 spiro atoms. The first kappa shape index (κ1) is 12.0. The first-order chi connectivity index (χ1) is 8.31. The highest BCUT2D eigenvalue weighted by atomic mass is 16.5. The zero-order chi connectivity index (χ0) is 12.1. The van der Waals surface area contributed by atoms with E-state index in [2.05, 4.69) is 36.4 Å². The SMILES string of the molecule is C#CCCCNC(C)c1ccc2c(c1)CCO2. The summed E-state index contributed by atoms with van der Waals surface area (Å²) in [6.45, 7) is 3.98. The molecule has 1 unspecified atom stereocenters. The Kier molecular flexibility index (Phi) is 4.06. The molecule has 2 rings (SSSR count). The lowest BCUT2D eigenvalue weighted by Gasteiger charge is -2.14. The molecule has 0 aliphatic carbocycles. The fourth-order valence-corrected chi connectivity index (χ4v) is 2.10. The molecule has 1 aliphatic rings. The van der Waals surface area contributed by atoms with Crippen LogP contribution < -0.4 is 10.1 Å². The molecule has 1 atom stereocenters. The Morgan fingerprint density at radius 3 is 3.24 bits per heavy atom. The van der Waals surface area contributed by atoms with Gasteiger partial charge >= 0.3 is 0 Å². The van der Waals surface area contributed by atoms with Gasteiger partial charge in [-0.3, -0.25) is 0 Å². The van der Waals surface area contributed by atoms with Gasteiger partial charge in [0.2, 0.25) is 0 Å². The predicted octanol–water partition coefficient (Wildman–Crippen LogP) is 2.69. The lowest BCUT2D eigenvalue weighted by molar-refractivity contribution is 0.356. The second-order valence-corrected chi connectivity index (χ2v) is 4.45. The zero-order valence-electron chi connectivity index (χ0n) is 10.3. The highest BCUT2D eigenvalue weighted by molar-refractivity contribution is 5.40. The van der Waals surface area contributed by atoms with Crippen molar-refractivity contribution < 1.29 is 4.74 Å². The third kappa shape index (κ3) is 3.01. The molecule has 0 radical (unpaired) electrons. The highest BCUT2D eigenvalue weighted by Gasteiger charge is 2.13. The van der Waals surface area contributed by atoms with Gasteiger partial charge in [-0.25, -0.2) is 0 Å². The summed E-state index contributed by atoms with van der Waals surface area (Å²) in [6.07, 6.45) is 8.14. The molecule has 1 aromatic carbocycles. The van der Waals surface area contributed by atoms with Crippen LogP contribution in [0, 0.1) is 12.3 Å². The number of nitrogens with one attached hydrogen (secondary N) is 1. The van der Waals surface area contributed by atoms with E-state index in [1.54, 1.807) is 0 Å². The van der Waals surface area contributed by atoms with E-state index in [0.29, 0.717) is 6.04 Å².